The summed E-state index contributed by atoms with van der Waals surface area (Å²) in [6.45, 7) is 4.09. The zero-order valence-electron chi connectivity index (χ0n) is 13.5. The number of aryl methyl sites for hydroxylation is 1. The molecule has 0 fully saturated rings. The number of nitrogens with zero attached hydrogens (tertiary/aromatic N) is 5. The Morgan fingerprint density at radius 1 is 1.22 bits per heavy atom. The van der Waals surface area contributed by atoms with Crippen LogP contribution in [0.1, 0.15) is 18.2 Å². The van der Waals surface area contributed by atoms with Crippen molar-refractivity contribution in [1.82, 2.24) is 24.5 Å². The van der Waals surface area contributed by atoms with Gasteiger partial charge in [-0.25, -0.2) is 4.98 Å². The standard InChI is InChI=1S/C17H21N5S/c1-3-15-11-16(22-17(20-15)18-13-19-22)23-10-9-21(2)12-14-7-5-4-6-8-14/h4-8,11,13H,3,9-10,12H2,1-2H3. The minimum atomic E-state index is 0.685. The molecule has 0 saturated heterocycles. The van der Waals surface area contributed by atoms with Crippen LogP contribution in [0, 0.1) is 0 Å². The Kier molecular flexibility index (Phi) is 5.25. The van der Waals surface area contributed by atoms with Gasteiger partial charge < -0.3 is 4.90 Å². The number of hydrogen-bond donors (Lipinski definition) is 0. The number of rotatable bonds is 7. The molecule has 6 heteroatoms. The van der Waals surface area contributed by atoms with E-state index < -0.39 is 0 Å². The van der Waals surface area contributed by atoms with E-state index in [1.165, 1.54) is 5.56 Å². The van der Waals surface area contributed by atoms with Gasteiger partial charge in [-0.05, 0) is 25.1 Å². The predicted octanol–water partition coefficient (Wildman–Crippen LogP) is 2.91. The predicted molar refractivity (Wildman–Crippen MR) is 93.7 cm³/mol. The van der Waals surface area contributed by atoms with E-state index in [2.05, 4.69) is 70.3 Å². The lowest BCUT2D eigenvalue weighted by molar-refractivity contribution is 0.348. The molecule has 2 aromatic heterocycles. The van der Waals surface area contributed by atoms with Crippen LogP contribution in [-0.4, -0.2) is 43.8 Å². The monoisotopic (exact) mass is 327 g/mol. The summed E-state index contributed by atoms with van der Waals surface area (Å²) in [7, 11) is 2.16. The van der Waals surface area contributed by atoms with Crippen molar-refractivity contribution >= 4 is 17.5 Å². The largest absolute Gasteiger partial charge is 0.301 e. The highest BCUT2D eigenvalue weighted by atomic mass is 32.2. The van der Waals surface area contributed by atoms with Crippen molar-refractivity contribution in [2.45, 2.75) is 24.9 Å². The molecule has 0 radical (unpaired) electrons. The fourth-order valence-electron chi connectivity index (χ4n) is 2.40. The highest BCUT2D eigenvalue weighted by Crippen LogP contribution is 2.19. The molecule has 2 heterocycles. The lowest BCUT2D eigenvalue weighted by Gasteiger charge is -2.16. The quantitative estimate of drug-likeness (QED) is 0.493. The molecule has 0 atom stereocenters. The van der Waals surface area contributed by atoms with Gasteiger partial charge in [0.15, 0.2) is 0 Å². The summed E-state index contributed by atoms with van der Waals surface area (Å²) in [6, 6.07) is 12.7. The molecule has 0 bridgehead atoms. The van der Waals surface area contributed by atoms with Crippen molar-refractivity contribution in [2.24, 2.45) is 0 Å². The summed E-state index contributed by atoms with van der Waals surface area (Å²) in [5.41, 5.74) is 2.40. The lowest BCUT2D eigenvalue weighted by Crippen LogP contribution is -2.20. The highest BCUT2D eigenvalue weighted by Gasteiger charge is 2.08. The van der Waals surface area contributed by atoms with Crippen LogP contribution in [0.4, 0.5) is 0 Å². The van der Waals surface area contributed by atoms with Crippen molar-refractivity contribution in [3.8, 4) is 0 Å². The van der Waals surface area contributed by atoms with Crippen molar-refractivity contribution < 1.29 is 0 Å². The van der Waals surface area contributed by atoms with Crippen LogP contribution in [0.15, 0.2) is 47.8 Å². The van der Waals surface area contributed by atoms with Crippen LogP contribution < -0.4 is 0 Å². The van der Waals surface area contributed by atoms with E-state index in [0.29, 0.717) is 5.78 Å². The van der Waals surface area contributed by atoms with Crippen LogP contribution in [0.2, 0.25) is 0 Å². The Hall–Kier alpha value is -1.92. The van der Waals surface area contributed by atoms with Crippen LogP contribution in [-0.2, 0) is 13.0 Å². The second kappa shape index (κ2) is 7.57. The third kappa shape index (κ3) is 4.09. The van der Waals surface area contributed by atoms with Crippen LogP contribution >= 0.6 is 11.8 Å². The summed E-state index contributed by atoms with van der Waals surface area (Å²) in [6.07, 6.45) is 2.47. The Balaban J connectivity index is 1.59. The molecule has 0 spiro atoms. The smallest absolute Gasteiger partial charge is 0.253 e. The molecule has 3 rings (SSSR count). The summed E-state index contributed by atoms with van der Waals surface area (Å²) < 4.78 is 1.82. The van der Waals surface area contributed by atoms with Gasteiger partial charge in [0.25, 0.3) is 5.78 Å². The number of benzene rings is 1. The maximum absolute atomic E-state index is 4.48. The van der Waals surface area contributed by atoms with Crippen molar-refractivity contribution in [3.05, 3.63) is 54.0 Å². The van der Waals surface area contributed by atoms with Gasteiger partial charge in [0.1, 0.15) is 11.4 Å². The van der Waals surface area contributed by atoms with Crippen molar-refractivity contribution in [3.63, 3.8) is 0 Å². The molecular formula is C17H21N5S. The van der Waals surface area contributed by atoms with Gasteiger partial charge >= 0.3 is 0 Å². The summed E-state index contributed by atoms with van der Waals surface area (Å²) in [5.74, 6) is 1.69. The van der Waals surface area contributed by atoms with E-state index >= 15 is 0 Å². The third-order valence-corrected chi connectivity index (χ3v) is 4.63. The maximum Gasteiger partial charge on any atom is 0.253 e. The minimum Gasteiger partial charge on any atom is -0.301 e. The molecule has 0 N–H and O–H groups in total. The number of hydrogen-bond acceptors (Lipinski definition) is 5. The van der Waals surface area contributed by atoms with Crippen molar-refractivity contribution in [2.75, 3.05) is 19.3 Å². The first-order valence-electron chi connectivity index (χ1n) is 7.81. The molecule has 0 aliphatic rings. The van der Waals surface area contributed by atoms with E-state index in [0.717, 1.165) is 36.0 Å². The first-order chi connectivity index (χ1) is 11.3. The topological polar surface area (TPSA) is 46.3 Å². The van der Waals surface area contributed by atoms with E-state index in [1.54, 1.807) is 18.1 Å². The molecule has 0 amide bonds. The number of fused-ring (bicyclic) bond motifs is 1. The van der Waals surface area contributed by atoms with E-state index in [4.69, 9.17) is 0 Å². The molecular weight excluding hydrogens is 306 g/mol. The normalized spacial score (nSPS) is 11.4. The fourth-order valence-corrected chi connectivity index (χ4v) is 3.48. The van der Waals surface area contributed by atoms with Gasteiger partial charge in [-0.2, -0.15) is 14.6 Å². The number of thioether (sulfide) groups is 1. The van der Waals surface area contributed by atoms with Gasteiger partial charge in [-0.1, -0.05) is 37.3 Å². The maximum atomic E-state index is 4.48. The molecule has 3 aromatic rings. The Bertz CT molecular complexity index is 756. The van der Waals surface area contributed by atoms with Crippen molar-refractivity contribution in [1.29, 1.82) is 0 Å². The number of aromatic nitrogens is 4. The fraction of sp³-hybridized carbons (Fsp3) is 0.353. The van der Waals surface area contributed by atoms with Crippen LogP contribution in [0.25, 0.3) is 5.78 Å². The van der Waals surface area contributed by atoms with Gasteiger partial charge in [0.2, 0.25) is 0 Å². The molecule has 120 valence electrons. The van der Waals surface area contributed by atoms with E-state index in [9.17, 15) is 0 Å². The highest BCUT2D eigenvalue weighted by molar-refractivity contribution is 7.99. The summed E-state index contributed by atoms with van der Waals surface area (Å²) in [4.78, 5) is 11.0. The lowest BCUT2D eigenvalue weighted by atomic mass is 10.2. The van der Waals surface area contributed by atoms with Gasteiger partial charge in [-0.3, -0.25) is 0 Å². The molecule has 1 aromatic carbocycles. The Morgan fingerprint density at radius 3 is 2.83 bits per heavy atom. The average Bonchev–Trinajstić information content (AvgIpc) is 3.04. The first-order valence-corrected chi connectivity index (χ1v) is 8.79. The van der Waals surface area contributed by atoms with Crippen LogP contribution in [0.3, 0.4) is 0 Å². The zero-order chi connectivity index (χ0) is 16.1. The summed E-state index contributed by atoms with van der Waals surface area (Å²) >= 11 is 1.80. The average molecular weight is 327 g/mol. The molecule has 0 aliphatic heterocycles. The van der Waals surface area contributed by atoms with Gasteiger partial charge in [-0.15, -0.1) is 11.8 Å². The second-order valence-electron chi connectivity index (χ2n) is 5.48. The third-order valence-electron chi connectivity index (χ3n) is 3.65. The first kappa shape index (κ1) is 16.0. The molecule has 23 heavy (non-hydrogen) atoms. The van der Waals surface area contributed by atoms with Crippen LogP contribution in [0.5, 0.6) is 0 Å². The van der Waals surface area contributed by atoms with E-state index in [-0.39, 0.29) is 0 Å². The molecule has 5 nitrogen and oxygen atoms in total. The molecule has 0 unspecified atom stereocenters. The van der Waals surface area contributed by atoms with Gasteiger partial charge in [0, 0.05) is 24.5 Å². The SMILES string of the molecule is CCc1cc(SCCN(C)Cc2ccccc2)n2ncnc2n1. The molecule has 0 saturated carbocycles. The Labute approximate surface area is 140 Å². The molecule has 0 aliphatic carbocycles. The summed E-state index contributed by atoms with van der Waals surface area (Å²) in [5, 5.41) is 5.38. The Morgan fingerprint density at radius 2 is 2.04 bits per heavy atom. The minimum absolute atomic E-state index is 0.685. The second-order valence-corrected chi connectivity index (χ2v) is 6.60. The zero-order valence-corrected chi connectivity index (χ0v) is 14.3. The van der Waals surface area contributed by atoms with E-state index in [1.807, 2.05) is 4.52 Å². The van der Waals surface area contributed by atoms with Gasteiger partial charge in [0.05, 0.1) is 0 Å².